The molecule has 1 aliphatic heterocycles. The second-order valence-electron chi connectivity index (χ2n) is 4.23. The minimum atomic E-state index is -0.131. The van der Waals surface area contributed by atoms with Gasteiger partial charge in [0, 0.05) is 6.54 Å². The Bertz CT molecular complexity index is 379. The van der Waals surface area contributed by atoms with E-state index >= 15 is 0 Å². The number of hydrogen-bond donors (Lipinski definition) is 2. The third kappa shape index (κ3) is 2.92. The number of aryl methyl sites for hydroxylation is 1. The maximum atomic E-state index is 5.71. The maximum Gasteiger partial charge on any atom is 0.103 e. The summed E-state index contributed by atoms with van der Waals surface area (Å²) in [7, 11) is 0. The van der Waals surface area contributed by atoms with Gasteiger partial charge in [-0.25, -0.2) is 5.43 Å². The van der Waals surface area contributed by atoms with E-state index in [4.69, 9.17) is 15.3 Å². The van der Waals surface area contributed by atoms with Gasteiger partial charge in [0.2, 0.25) is 0 Å². The van der Waals surface area contributed by atoms with Gasteiger partial charge >= 0.3 is 0 Å². The Hall–Kier alpha value is -0.470. The third-order valence-electron chi connectivity index (χ3n) is 2.96. The topological polar surface area (TPSA) is 74.3 Å². The maximum absolute atomic E-state index is 5.71. The lowest BCUT2D eigenvalue weighted by atomic mass is 10.1. The van der Waals surface area contributed by atoms with Gasteiger partial charge in [0.25, 0.3) is 0 Å². The highest BCUT2D eigenvalue weighted by atomic mass is 79.9. The summed E-state index contributed by atoms with van der Waals surface area (Å²) >= 11 is 3.52. The van der Waals surface area contributed by atoms with Gasteiger partial charge in [-0.05, 0) is 22.4 Å². The van der Waals surface area contributed by atoms with Gasteiger partial charge in [-0.3, -0.25) is 10.5 Å². The summed E-state index contributed by atoms with van der Waals surface area (Å²) in [5.74, 6) is 5.68. The van der Waals surface area contributed by atoms with Crippen LogP contribution in [0.15, 0.2) is 10.7 Å². The molecule has 3 N–H and O–H groups in total. The zero-order valence-electron chi connectivity index (χ0n) is 10.4. The van der Waals surface area contributed by atoms with E-state index in [2.05, 4.69) is 33.4 Å². The Balaban J connectivity index is 2.22. The first kappa shape index (κ1) is 14.0. The lowest BCUT2D eigenvalue weighted by Crippen LogP contribution is -2.44. The standard InChI is InChI=1S/C11H19BrN4O2/c1-2-3-16-11(8(12)6-14-16)10(15-13)9-7-17-4-5-18-9/h6,9-10,15H,2-5,7,13H2,1H3. The van der Waals surface area contributed by atoms with Crippen LogP contribution in [0.3, 0.4) is 0 Å². The molecular weight excluding hydrogens is 300 g/mol. The van der Waals surface area contributed by atoms with E-state index in [1.807, 2.05) is 4.68 Å². The van der Waals surface area contributed by atoms with Crippen LogP contribution in [0.2, 0.25) is 0 Å². The number of nitrogens with two attached hydrogens (primary N) is 1. The first-order chi connectivity index (χ1) is 8.77. The summed E-state index contributed by atoms with van der Waals surface area (Å²) in [4.78, 5) is 0. The molecule has 102 valence electrons. The van der Waals surface area contributed by atoms with Crippen molar-refractivity contribution in [2.75, 3.05) is 19.8 Å². The predicted molar refractivity (Wildman–Crippen MR) is 70.8 cm³/mol. The molecule has 0 aromatic carbocycles. The van der Waals surface area contributed by atoms with Gasteiger partial charge < -0.3 is 9.47 Å². The number of aromatic nitrogens is 2. The monoisotopic (exact) mass is 318 g/mol. The quantitative estimate of drug-likeness (QED) is 0.625. The molecule has 6 nitrogen and oxygen atoms in total. The second kappa shape index (κ2) is 6.63. The molecule has 2 unspecified atom stereocenters. The van der Waals surface area contributed by atoms with Crippen LogP contribution in [0.1, 0.15) is 25.1 Å². The molecule has 0 aliphatic carbocycles. The summed E-state index contributed by atoms with van der Waals surface area (Å²) in [6.07, 6.45) is 2.71. The van der Waals surface area contributed by atoms with Crippen molar-refractivity contribution in [3.8, 4) is 0 Å². The molecule has 1 aromatic rings. The van der Waals surface area contributed by atoms with Gasteiger partial charge in [0.05, 0.1) is 42.2 Å². The van der Waals surface area contributed by atoms with E-state index in [1.165, 1.54) is 0 Å². The van der Waals surface area contributed by atoms with Crippen LogP contribution in [0.5, 0.6) is 0 Å². The summed E-state index contributed by atoms with van der Waals surface area (Å²) in [6, 6.07) is -0.131. The third-order valence-corrected chi connectivity index (χ3v) is 3.57. The van der Waals surface area contributed by atoms with E-state index in [-0.39, 0.29) is 12.1 Å². The van der Waals surface area contributed by atoms with Gasteiger partial charge in [0.15, 0.2) is 0 Å². The van der Waals surface area contributed by atoms with E-state index in [0.29, 0.717) is 19.8 Å². The SMILES string of the molecule is CCCn1ncc(Br)c1C(NN)C1COCCO1. The van der Waals surface area contributed by atoms with Crippen molar-refractivity contribution < 1.29 is 9.47 Å². The fourth-order valence-corrected chi connectivity index (χ4v) is 2.67. The Morgan fingerprint density at radius 2 is 2.50 bits per heavy atom. The highest BCUT2D eigenvalue weighted by molar-refractivity contribution is 9.10. The molecule has 18 heavy (non-hydrogen) atoms. The van der Waals surface area contributed by atoms with Crippen LogP contribution in [0.25, 0.3) is 0 Å². The van der Waals surface area contributed by atoms with Crippen LogP contribution in [-0.2, 0) is 16.0 Å². The van der Waals surface area contributed by atoms with Crippen molar-refractivity contribution >= 4 is 15.9 Å². The Kier molecular flexibility index (Phi) is 5.13. The molecule has 2 atom stereocenters. The average molecular weight is 319 g/mol. The Morgan fingerprint density at radius 3 is 3.11 bits per heavy atom. The van der Waals surface area contributed by atoms with Gasteiger partial charge in [-0.1, -0.05) is 6.92 Å². The van der Waals surface area contributed by atoms with Crippen LogP contribution >= 0.6 is 15.9 Å². The lowest BCUT2D eigenvalue weighted by molar-refractivity contribution is -0.103. The second-order valence-corrected chi connectivity index (χ2v) is 5.08. The van der Waals surface area contributed by atoms with Crippen LogP contribution in [0, 0.1) is 0 Å². The number of halogens is 1. The van der Waals surface area contributed by atoms with Crippen molar-refractivity contribution in [1.82, 2.24) is 15.2 Å². The summed E-state index contributed by atoms with van der Waals surface area (Å²) in [5, 5.41) is 4.35. The van der Waals surface area contributed by atoms with Crippen LogP contribution < -0.4 is 11.3 Å². The number of hydrazine groups is 1. The van der Waals surface area contributed by atoms with Gasteiger partial charge in [0.1, 0.15) is 6.10 Å². The zero-order valence-corrected chi connectivity index (χ0v) is 12.0. The first-order valence-corrected chi connectivity index (χ1v) is 6.94. The molecule has 0 radical (unpaired) electrons. The van der Waals surface area contributed by atoms with Crippen molar-refractivity contribution in [1.29, 1.82) is 0 Å². The smallest absolute Gasteiger partial charge is 0.103 e. The lowest BCUT2D eigenvalue weighted by Gasteiger charge is -2.30. The molecule has 0 amide bonds. The number of ether oxygens (including phenoxy) is 2. The number of nitrogens with one attached hydrogen (secondary N) is 1. The summed E-state index contributed by atoms with van der Waals surface area (Å²) in [6.45, 7) is 4.75. The van der Waals surface area contributed by atoms with Crippen molar-refractivity contribution in [3.05, 3.63) is 16.4 Å². The molecule has 0 saturated carbocycles. The fourth-order valence-electron chi connectivity index (χ4n) is 2.13. The highest BCUT2D eigenvalue weighted by Crippen LogP contribution is 2.27. The minimum absolute atomic E-state index is 0.0904. The molecule has 2 heterocycles. The number of nitrogens with zero attached hydrogens (tertiary/aromatic N) is 2. The fraction of sp³-hybridized carbons (Fsp3) is 0.727. The van der Waals surface area contributed by atoms with E-state index in [1.54, 1.807) is 6.20 Å². The van der Waals surface area contributed by atoms with E-state index < -0.39 is 0 Å². The van der Waals surface area contributed by atoms with Crippen molar-refractivity contribution in [3.63, 3.8) is 0 Å². The van der Waals surface area contributed by atoms with E-state index in [9.17, 15) is 0 Å². The molecule has 1 aliphatic rings. The largest absolute Gasteiger partial charge is 0.376 e. The zero-order chi connectivity index (χ0) is 13.0. The molecule has 1 aromatic heterocycles. The van der Waals surface area contributed by atoms with Gasteiger partial charge in [-0.2, -0.15) is 5.10 Å². The predicted octanol–water partition coefficient (Wildman–Crippen LogP) is 0.975. The number of hydrogen-bond acceptors (Lipinski definition) is 5. The Morgan fingerprint density at radius 1 is 1.67 bits per heavy atom. The molecule has 7 heteroatoms. The van der Waals surface area contributed by atoms with Crippen molar-refractivity contribution in [2.45, 2.75) is 32.0 Å². The first-order valence-electron chi connectivity index (χ1n) is 6.14. The summed E-state index contributed by atoms with van der Waals surface area (Å²) in [5.41, 5.74) is 3.83. The minimum Gasteiger partial charge on any atom is -0.376 e. The van der Waals surface area contributed by atoms with Crippen molar-refractivity contribution in [2.24, 2.45) is 5.84 Å². The normalized spacial score (nSPS) is 22.1. The van der Waals surface area contributed by atoms with Gasteiger partial charge in [-0.15, -0.1) is 0 Å². The summed E-state index contributed by atoms with van der Waals surface area (Å²) < 4.78 is 14.0. The molecule has 2 rings (SSSR count). The highest BCUT2D eigenvalue weighted by Gasteiger charge is 2.30. The Labute approximate surface area is 115 Å². The molecule has 0 spiro atoms. The molecule has 1 saturated heterocycles. The van der Waals surface area contributed by atoms with Crippen LogP contribution in [-0.4, -0.2) is 35.7 Å². The van der Waals surface area contributed by atoms with E-state index in [0.717, 1.165) is 23.1 Å². The molecular formula is C11H19BrN4O2. The average Bonchev–Trinajstić information content (AvgIpc) is 2.75. The molecule has 0 bridgehead atoms. The number of rotatable bonds is 5. The molecule has 1 fully saturated rings. The van der Waals surface area contributed by atoms with Crippen LogP contribution in [0.4, 0.5) is 0 Å².